The summed E-state index contributed by atoms with van der Waals surface area (Å²) in [7, 11) is 0. The van der Waals surface area contributed by atoms with Crippen LogP contribution in [0.5, 0.6) is 0 Å². The van der Waals surface area contributed by atoms with E-state index in [0.29, 0.717) is 0 Å². The standard InChI is InChI=1S/C19H26O2/c1-13-8-7-9-14-12-16(21-17(13)14)19(20)11-6-5-10-15(19)18(2,3)4/h7-9,12,15,20H,5-6,10-11H2,1-4H3. The van der Waals surface area contributed by atoms with Gasteiger partial charge in [0.1, 0.15) is 16.9 Å². The van der Waals surface area contributed by atoms with Crippen LogP contribution in [-0.4, -0.2) is 5.11 Å². The first-order valence-corrected chi connectivity index (χ1v) is 8.04. The van der Waals surface area contributed by atoms with E-state index in [9.17, 15) is 5.11 Å². The lowest BCUT2D eigenvalue weighted by Gasteiger charge is -2.45. The molecule has 2 nitrogen and oxygen atoms in total. The number of hydrogen-bond donors (Lipinski definition) is 1. The Hall–Kier alpha value is -1.28. The van der Waals surface area contributed by atoms with Crippen LogP contribution in [0.3, 0.4) is 0 Å². The summed E-state index contributed by atoms with van der Waals surface area (Å²) in [6.07, 6.45) is 4.13. The molecule has 3 rings (SSSR count). The second-order valence-electron chi connectivity index (χ2n) is 7.69. The number of para-hydroxylation sites is 1. The molecular formula is C19H26O2. The third kappa shape index (κ3) is 2.40. The second-order valence-corrected chi connectivity index (χ2v) is 7.69. The molecule has 1 aliphatic rings. The van der Waals surface area contributed by atoms with Crippen LogP contribution in [0.2, 0.25) is 0 Å². The van der Waals surface area contributed by atoms with Crippen LogP contribution in [0, 0.1) is 18.3 Å². The van der Waals surface area contributed by atoms with Gasteiger partial charge >= 0.3 is 0 Å². The fourth-order valence-electron chi connectivity index (χ4n) is 4.02. The van der Waals surface area contributed by atoms with Crippen LogP contribution in [0.25, 0.3) is 11.0 Å². The van der Waals surface area contributed by atoms with Gasteiger partial charge in [0.15, 0.2) is 0 Å². The molecule has 0 aliphatic heterocycles. The number of aryl methyl sites for hydroxylation is 1. The topological polar surface area (TPSA) is 33.4 Å². The largest absolute Gasteiger partial charge is 0.458 e. The van der Waals surface area contributed by atoms with E-state index < -0.39 is 5.60 Å². The Kier molecular flexibility index (Phi) is 3.40. The van der Waals surface area contributed by atoms with E-state index in [-0.39, 0.29) is 11.3 Å². The fraction of sp³-hybridized carbons (Fsp3) is 0.579. The minimum Gasteiger partial charge on any atom is -0.458 e. The molecule has 2 unspecified atom stereocenters. The lowest BCUT2D eigenvalue weighted by atomic mass is 9.63. The Morgan fingerprint density at radius 3 is 2.67 bits per heavy atom. The molecule has 1 N–H and O–H groups in total. The molecule has 1 aromatic heterocycles. The predicted molar refractivity (Wildman–Crippen MR) is 86.3 cm³/mol. The maximum atomic E-state index is 11.4. The van der Waals surface area contributed by atoms with Crippen molar-refractivity contribution in [3.8, 4) is 0 Å². The number of hydrogen-bond acceptors (Lipinski definition) is 2. The fourth-order valence-corrected chi connectivity index (χ4v) is 4.02. The van der Waals surface area contributed by atoms with Gasteiger partial charge in [-0.1, -0.05) is 51.8 Å². The molecule has 0 bridgehead atoms. The van der Waals surface area contributed by atoms with Crippen LogP contribution < -0.4 is 0 Å². The van der Waals surface area contributed by atoms with Crippen molar-refractivity contribution in [2.75, 3.05) is 0 Å². The van der Waals surface area contributed by atoms with Gasteiger partial charge in [-0.2, -0.15) is 0 Å². The van der Waals surface area contributed by atoms with Gasteiger partial charge in [0.25, 0.3) is 0 Å². The molecule has 0 radical (unpaired) electrons. The van der Waals surface area contributed by atoms with Gasteiger partial charge in [-0.3, -0.25) is 0 Å². The van der Waals surface area contributed by atoms with E-state index in [1.54, 1.807) is 0 Å². The van der Waals surface area contributed by atoms with E-state index in [4.69, 9.17) is 4.42 Å². The van der Waals surface area contributed by atoms with E-state index in [0.717, 1.165) is 41.6 Å². The highest BCUT2D eigenvalue weighted by molar-refractivity contribution is 5.81. The Morgan fingerprint density at radius 1 is 1.24 bits per heavy atom. The summed E-state index contributed by atoms with van der Waals surface area (Å²) in [4.78, 5) is 0. The summed E-state index contributed by atoms with van der Waals surface area (Å²) in [5, 5.41) is 12.5. The lowest BCUT2D eigenvalue weighted by molar-refractivity contribution is -0.108. The highest BCUT2D eigenvalue weighted by Gasteiger charge is 2.48. The average Bonchev–Trinajstić information content (AvgIpc) is 2.84. The first-order valence-electron chi connectivity index (χ1n) is 8.04. The van der Waals surface area contributed by atoms with Crippen molar-refractivity contribution in [1.29, 1.82) is 0 Å². The molecule has 1 heterocycles. The Bertz CT molecular complexity index is 647. The third-order valence-electron chi connectivity index (χ3n) is 5.09. The molecule has 1 aromatic carbocycles. The summed E-state index contributed by atoms with van der Waals surface area (Å²) < 4.78 is 6.12. The number of rotatable bonds is 1. The molecule has 2 aromatic rings. The third-order valence-corrected chi connectivity index (χ3v) is 5.09. The Balaban J connectivity index is 2.11. The molecular weight excluding hydrogens is 260 g/mol. The SMILES string of the molecule is Cc1cccc2cc(C3(O)CCCCC3C(C)(C)C)oc12. The summed E-state index contributed by atoms with van der Waals surface area (Å²) in [6, 6.07) is 8.21. The van der Waals surface area contributed by atoms with Crippen molar-refractivity contribution >= 4 is 11.0 Å². The summed E-state index contributed by atoms with van der Waals surface area (Å²) >= 11 is 0. The highest BCUT2D eigenvalue weighted by atomic mass is 16.4. The zero-order chi connectivity index (χ0) is 15.3. The van der Waals surface area contributed by atoms with E-state index in [1.807, 2.05) is 12.1 Å². The summed E-state index contributed by atoms with van der Waals surface area (Å²) in [5.74, 6) is 0.992. The zero-order valence-electron chi connectivity index (χ0n) is 13.6. The zero-order valence-corrected chi connectivity index (χ0v) is 13.6. The molecule has 2 atom stereocenters. The quantitative estimate of drug-likeness (QED) is 0.785. The van der Waals surface area contributed by atoms with E-state index in [1.165, 1.54) is 6.42 Å². The van der Waals surface area contributed by atoms with Gasteiger partial charge in [-0.05, 0) is 42.7 Å². The van der Waals surface area contributed by atoms with Crippen molar-refractivity contribution in [2.24, 2.45) is 11.3 Å². The average molecular weight is 286 g/mol. The molecule has 1 fully saturated rings. The molecule has 0 saturated heterocycles. The van der Waals surface area contributed by atoms with E-state index >= 15 is 0 Å². The van der Waals surface area contributed by atoms with Gasteiger partial charge in [-0.25, -0.2) is 0 Å². The second kappa shape index (κ2) is 4.88. The van der Waals surface area contributed by atoms with Crippen LogP contribution in [0.15, 0.2) is 28.7 Å². The molecule has 1 aliphatic carbocycles. The number of furan rings is 1. The molecule has 21 heavy (non-hydrogen) atoms. The smallest absolute Gasteiger partial charge is 0.137 e. The number of aliphatic hydroxyl groups is 1. The number of fused-ring (bicyclic) bond motifs is 1. The minimum absolute atomic E-state index is 0.0726. The van der Waals surface area contributed by atoms with Crippen molar-refractivity contribution in [3.05, 3.63) is 35.6 Å². The van der Waals surface area contributed by atoms with Gasteiger partial charge < -0.3 is 9.52 Å². The lowest BCUT2D eigenvalue weighted by Crippen LogP contribution is -2.44. The van der Waals surface area contributed by atoms with Gasteiger partial charge in [-0.15, -0.1) is 0 Å². The van der Waals surface area contributed by atoms with Crippen molar-refractivity contribution in [1.82, 2.24) is 0 Å². The Morgan fingerprint density at radius 2 is 2.00 bits per heavy atom. The normalized spacial score (nSPS) is 27.2. The molecule has 114 valence electrons. The van der Waals surface area contributed by atoms with Crippen molar-refractivity contribution < 1.29 is 9.52 Å². The monoisotopic (exact) mass is 286 g/mol. The van der Waals surface area contributed by atoms with Gasteiger partial charge in [0.05, 0.1) is 0 Å². The number of benzene rings is 1. The van der Waals surface area contributed by atoms with E-state index in [2.05, 4.69) is 39.8 Å². The van der Waals surface area contributed by atoms with Gasteiger partial charge in [0, 0.05) is 5.39 Å². The molecule has 2 heteroatoms. The van der Waals surface area contributed by atoms with Crippen LogP contribution in [-0.2, 0) is 5.60 Å². The molecule has 0 spiro atoms. The van der Waals surface area contributed by atoms with Gasteiger partial charge in [0.2, 0.25) is 0 Å². The highest BCUT2D eigenvalue weighted by Crippen LogP contribution is 2.50. The Labute approximate surface area is 127 Å². The maximum Gasteiger partial charge on any atom is 0.137 e. The summed E-state index contributed by atoms with van der Waals surface area (Å²) in [6.45, 7) is 8.73. The van der Waals surface area contributed by atoms with Crippen LogP contribution in [0.4, 0.5) is 0 Å². The van der Waals surface area contributed by atoms with Crippen molar-refractivity contribution in [2.45, 2.75) is 59.0 Å². The molecule has 0 amide bonds. The van der Waals surface area contributed by atoms with Crippen molar-refractivity contribution in [3.63, 3.8) is 0 Å². The van der Waals surface area contributed by atoms with Crippen LogP contribution in [0.1, 0.15) is 57.8 Å². The first-order chi connectivity index (χ1) is 9.82. The maximum absolute atomic E-state index is 11.4. The molecule has 1 saturated carbocycles. The predicted octanol–water partition coefficient (Wildman–Crippen LogP) is 5.17. The first kappa shape index (κ1) is 14.6. The van der Waals surface area contributed by atoms with Crippen LogP contribution >= 0.6 is 0 Å². The summed E-state index contributed by atoms with van der Waals surface area (Å²) in [5.41, 5.74) is 1.29. The minimum atomic E-state index is -0.831.